The van der Waals surface area contributed by atoms with Gasteiger partial charge in [-0.2, -0.15) is 0 Å². The van der Waals surface area contributed by atoms with Crippen LogP contribution in [0.15, 0.2) is 36.5 Å². The molecule has 318 valence electrons. The summed E-state index contributed by atoms with van der Waals surface area (Å²) in [6.45, 7) is 3.47. The van der Waals surface area contributed by atoms with E-state index in [4.69, 9.17) is 23.6 Å². The summed E-state index contributed by atoms with van der Waals surface area (Å²) in [5.74, 6) is -0.394. The summed E-state index contributed by atoms with van der Waals surface area (Å²) in [5.41, 5.74) is 0. The molecule has 10 heteroatoms. The average molecular weight is 787 g/mol. The fourth-order valence-electron chi connectivity index (χ4n) is 5.91. The van der Waals surface area contributed by atoms with Crippen molar-refractivity contribution >= 4 is 13.8 Å². The van der Waals surface area contributed by atoms with E-state index in [0.717, 1.165) is 70.6 Å². The molecule has 3 unspecified atom stereocenters. The summed E-state index contributed by atoms with van der Waals surface area (Å²) in [6.07, 6.45) is 43.8. The minimum Gasteiger partial charge on any atom is -0.457 e. The number of ether oxygens (including phenoxy) is 2. The first-order valence-corrected chi connectivity index (χ1v) is 23.5. The zero-order valence-corrected chi connectivity index (χ0v) is 35.6. The van der Waals surface area contributed by atoms with Gasteiger partial charge in [-0.15, -0.1) is 0 Å². The number of aliphatic hydroxyl groups excluding tert-OH is 2. The van der Waals surface area contributed by atoms with Gasteiger partial charge in [0, 0.05) is 13.0 Å². The van der Waals surface area contributed by atoms with Crippen molar-refractivity contribution in [3.8, 4) is 0 Å². The molecule has 0 spiro atoms. The van der Waals surface area contributed by atoms with Gasteiger partial charge in [0.15, 0.2) is 0 Å². The Bertz CT molecular complexity index is 939. The second kappa shape index (κ2) is 41.3. The van der Waals surface area contributed by atoms with Crippen molar-refractivity contribution in [2.45, 2.75) is 206 Å². The van der Waals surface area contributed by atoms with Crippen molar-refractivity contribution in [3.05, 3.63) is 36.5 Å². The van der Waals surface area contributed by atoms with Gasteiger partial charge in [-0.25, -0.2) is 4.57 Å². The van der Waals surface area contributed by atoms with Gasteiger partial charge >= 0.3 is 13.8 Å². The quantitative estimate of drug-likeness (QED) is 0.0239. The molecule has 3 N–H and O–H groups in total. The molecule has 0 aliphatic rings. The fourth-order valence-corrected chi connectivity index (χ4v) is 6.70. The first-order chi connectivity index (χ1) is 26.3. The zero-order chi connectivity index (χ0) is 39.6. The van der Waals surface area contributed by atoms with E-state index in [0.29, 0.717) is 6.61 Å². The van der Waals surface area contributed by atoms with Gasteiger partial charge in [0.1, 0.15) is 12.2 Å². The van der Waals surface area contributed by atoms with Crippen LogP contribution in [0.4, 0.5) is 0 Å². The summed E-state index contributed by atoms with van der Waals surface area (Å²) < 4.78 is 33.4. The molecule has 0 saturated heterocycles. The second-order valence-corrected chi connectivity index (χ2v) is 16.2. The molecule has 0 bridgehead atoms. The molecule has 0 radical (unpaired) electrons. The lowest BCUT2D eigenvalue weighted by Crippen LogP contribution is -2.29. The van der Waals surface area contributed by atoms with Crippen LogP contribution in [0.5, 0.6) is 0 Å². The molecular formula is C44H83O9P. The third-order valence-electron chi connectivity index (χ3n) is 9.30. The van der Waals surface area contributed by atoms with Gasteiger partial charge < -0.3 is 24.6 Å². The molecule has 0 fully saturated rings. The van der Waals surface area contributed by atoms with Gasteiger partial charge in [0.25, 0.3) is 0 Å². The Morgan fingerprint density at radius 2 is 1.00 bits per heavy atom. The molecule has 9 nitrogen and oxygen atoms in total. The lowest BCUT2D eigenvalue weighted by Gasteiger charge is -2.20. The van der Waals surface area contributed by atoms with E-state index in [9.17, 15) is 19.4 Å². The topological polar surface area (TPSA) is 132 Å². The number of aliphatic hydroxyl groups is 2. The Balaban J connectivity index is 4.20. The first kappa shape index (κ1) is 52.7. The first-order valence-electron chi connectivity index (χ1n) is 22.0. The van der Waals surface area contributed by atoms with E-state index in [1.807, 2.05) is 0 Å². The van der Waals surface area contributed by atoms with Crippen LogP contribution in [0.1, 0.15) is 194 Å². The number of allylic oxidation sites excluding steroid dienone is 6. The minimum atomic E-state index is -4.52. The number of hydrogen-bond donors (Lipinski definition) is 3. The number of rotatable bonds is 42. The number of carbonyl (C=O) groups excluding carboxylic acids is 1. The number of unbranched alkanes of at least 4 members (excludes halogenated alkanes) is 22. The Morgan fingerprint density at radius 1 is 0.574 bits per heavy atom. The van der Waals surface area contributed by atoms with Crippen molar-refractivity contribution in [2.75, 3.05) is 33.0 Å². The summed E-state index contributed by atoms with van der Waals surface area (Å²) in [5, 5.41) is 18.3. The standard InChI is InChI=1S/C44H83O9P/c1-3-5-7-9-11-13-15-17-19-21-23-25-27-29-31-33-35-37-50-40-43(41-52-54(48,49)51-39-42(46)38-45)53-44(47)36-34-32-30-28-26-24-22-20-18-16-14-12-10-8-6-4-2/h13,15,19-22,42-43,45-46H,3-12,14,16-18,23-41H2,1-2H3,(H,48,49)/b15-13-,21-19-,22-20-. The summed E-state index contributed by atoms with van der Waals surface area (Å²) in [4.78, 5) is 22.6. The van der Waals surface area contributed by atoms with Crippen molar-refractivity contribution in [1.29, 1.82) is 0 Å². The maximum absolute atomic E-state index is 12.6. The van der Waals surface area contributed by atoms with E-state index in [1.54, 1.807) is 0 Å². The van der Waals surface area contributed by atoms with Gasteiger partial charge in [-0.3, -0.25) is 13.8 Å². The van der Waals surface area contributed by atoms with Gasteiger partial charge in [0.05, 0.1) is 26.4 Å². The highest BCUT2D eigenvalue weighted by Crippen LogP contribution is 2.43. The third-order valence-corrected chi connectivity index (χ3v) is 10.2. The highest BCUT2D eigenvalue weighted by Gasteiger charge is 2.26. The fraction of sp³-hybridized carbons (Fsp3) is 0.841. The molecule has 0 aliphatic heterocycles. The van der Waals surface area contributed by atoms with E-state index in [-0.39, 0.29) is 19.6 Å². The SMILES string of the molecule is CCCCCC/C=C\C/C=C\CCCCCCCCOCC(COP(=O)(O)OCC(O)CO)OC(=O)CCCCCCC/C=C\CCCCCCCCC. The van der Waals surface area contributed by atoms with Gasteiger partial charge in [-0.05, 0) is 70.6 Å². The van der Waals surface area contributed by atoms with Gasteiger partial charge in [-0.1, -0.05) is 153 Å². The molecule has 0 amide bonds. The largest absolute Gasteiger partial charge is 0.472 e. The van der Waals surface area contributed by atoms with Crippen LogP contribution in [0.2, 0.25) is 0 Å². The van der Waals surface area contributed by atoms with Crippen LogP contribution < -0.4 is 0 Å². The molecule has 3 atom stereocenters. The number of esters is 1. The van der Waals surface area contributed by atoms with E-state index in [2.05, 4.69) is 50.3 Å². The molecule has 0 rings (SSSR count). The smallest absolute Gasteiger partial charge is 0.457 e. The predicted octanol–water partition coefficient (Wildman–Crippen LogP) is 12.0. The number of phosphoric acid groups is 1. The van der Waals surface area contributed by atoms with Crippen LogP contribution >= 0.6 is 7.82 Å². The Kier molecular flexibility index (Phi) is 40.3. The number of hydrogen-bond acceptors (Lipinski definition) is 8. The van der Waals surface area contributed by atoms with Crippen molar-refractivity contribution in [3.63, 3.8) is 0 Å². The van der Waals surface area contributed by atoms with Crippen molar-refractivity contribution < 1.29 is 43.0 Å². The third kappa shape index (κ3) is 40.3. The van der Waals surface area contributed by atoms with Crippen molar-refractivity contribution in [1.82, 2.24) is 0 Å². The summed E-state index contributed by atoms with van der Waals surface area (Å²) in [6, 6.07) is 0. The molecule has 0 aromatic heterocycles. The molecule has 0 aromatic carbocycles. The van der Waals surface area contributed by atoms with E-state index < -0.39 is 39.2 Å². The molecule has 0 aliphatic carbocycles. The second-order valence-electron chi connectivity index (χ2n) is 14.7. The van der Waals surface area contributed by atoms with E-state index in [1.165, 1.54) is 103 Å². The number of phosphoric ester groups is 1. The molecule has 0 aromatic rings. The molecule has 54 heavy (non-hydrogen) atoms. The molecular weight excluding hydrogens is 703 g/mol. The van der Waals surface area contributed by atoms with Gasteiger partial charge in [0.2, 0.25) is 0 Å². The Morgan fingerprint density at radius 3 is 1.52 bits per heavy atom. The molecule has 0 saturated carbocycles. The maximum Gasteiger partial charge on any atom is 0.472 e. The zero-order valence-electron chi connectivity index (χ0n) is 34.7. The lowest BCUT2D eigenvalue weighted by molar-refractivity contribution is -0.154. The summed E-state index contributed by atoms with van der Waals surface area (Å²) >= 11 is 0. The van der Waals surface area contributed by atoms with Crippen LogP contribution in [-0.4, -0.2) is 66.3 Å². The Labute approximate surface area is 331 Å². The highest BCUT2D eigenvalue weighted by molar-refractivity contribution is 7.47. The normalized spacial score (nSPS) is 14.4. The maximum atomic E-state index is 12.6. The molecule has 0 heterocycles. The predicted molar refractivity (Wildman–Crippen MR) is 224 cm³/mol. The monoisotopic (exact) mass is 787 g/mol. The lowest BCUT2D eigenvalue weighted by atomic mass is 10.1. The Hall–Kier alpha value is -1.32. The van der Waals surface area contributed by atoms with Crippen LogP contribution in [0, 0.1) is 0 Å². The van der Waals surface area contributed by atoms with Crippen LogP contribution in [-0.2, 0) is 27.9 Å². The average Bonchev–Trinajstić information content (AvgIpc) is 3.16. The number of carbonyl (C=O) groups is 1. The van der Waals surface area contributed by atoms with E-state index >= 15 is 0 Å². The van der Waals surface area contributed by atoms with Crippen LogP contribution in [0.25, 0.3) is 0 Å². The van der Waals surface area contributed by atoms with Crippen LogP contribution in [0.3, 0.4) is 0 Å². The minimum absolute atomic E-state index is 0.0395. The highest BCUT2D eigenvalue weighted by atomic mass is 31.2. The van der Waals surface area contributed by atoms with Crippen molar-refractivity contribution in [2.24, 2.45) is 0 Å². The summed E-state index contributed by atoms with van der Waals surface area (Å²) in [7, 11) is -4.52.